The number of para-hydroxylation sites is 1. The zero-order chi connectivity index (χ0) is 23.2. The van der Waals surface area contributed by atoms with Crippen LogP contribution in [-0.4, -0.2) is 56.6 Å². The van der Waals surface area contributed by atoms with Gasteiger partial charge < -0.3 is 9.80 Å². The van der Waals surface area contributed by atoms with Crippen LogP contribution in [0.15, 0.2) is 47.4 Å². The zero-order valence-electron chi connectivity index (χ0n) is 18.5. The highest BCUT2D eigenvalue weighted by atomic mass is 35.5. The molecule has 1 amide bonds. The Morgan fingerprint density at radius 1 is 1.03 bits per heavy atom. The highest BCUT2D eigenvalue weighted by molar-refractivity contribution is 7.91. The van der Waals surface area contributed by atoms with Crippen molar-refractivity contribution in [2.45, 2.75) is 36.0 Å². The predicted octanol–water partition coefficient (Wildman–Crippen LogP) is 4.51. The lowest BCUT2D eigenvalue weighted by atomic mass is 9.77. The summed E-state index contributed by atoms with van der Waals surface area (Å²) in [6.45, 7) is 2.61. The molecule has 1 aromatic heterocycles. The number of hydrogen-bond acceptors (Lipinski definition) is 6. The van der Waals surface area contributed by atoms with E-state index in [0.717, 1.165) is 41.1 Å². The number of aromatic nitrogens is 1. The van der Waals surface area contributed by atoms with Gasteiger partial charge in [-0.05, 0) is 42.7 Å². The Kier molecular flexibility index (Phi) is 5.87. The molecule has 6 nitrogen and oxygen atoms in total. The van der Waals surface area contributed by atoms with Gasteiger partial charge in [-0.15, -0.1) is 0 Å². The molecule has 2 fully saturated rings. The Hall–Kier alpha value is -2.16. The van der Waals surface area contributed by atoms with Crippen molar-refractivity contribution in [1.82, 2.24) is 9.88 Å². The summed E-state index contributed by atoms with van der Waals surface area (Å²) in [4.78, 5) is 22.8. The van der Waals surface area contributed by atoms with E-state index in [0.29, 0.717) is 36.7 Å². The van der Waals surface area contributed by atoms with Crippen LogP contribution in [0.25, 0.3) is 10.2 Å². The standard InChI is InChI=1S/C24H26ClN3O3S2/c1-33(30,31)20-6-4-5-19-21(20)26-23(32-19)28-15-13-27(14-16-28)22(29)24(11-2-3-12-24)17-7-9-18(25)10-8-17/h4-10H,2-3,11-16H2,1H3. The molecule has 0 radical (unpaired) electrons. The maximum Gasteiger partial charge on any atom is 0.233 e. The third kappa shape index (κ3) is 4.13. The number of carbonyl (C=O) groups excluding carboxylic acids is 1. The van der Waals surface area contributed by atoms with Crippen LogP contribution < -0.4 is 4.90 Å². The quantitative estimate of drug-likeness (QED) is 0.523. The summed E-state index contributed by atoms with van der Waals surface area (Å²) in [6, 6.07) is 13.0. The molecular weight excluding hydrogens is 478 g/mol. The van der Waals surface area contributed by atoms with Gasteiger partial charge in [0.2, 0.25) is 5.91 Å². The van der Waals surface area contributed by atoms with Crippen LogP contribution in [0.3, 0.4) is 0 Å². The monoisotopic (exact) mass is 503 g/mol. The molecule has 0 N–H and O–H groups in total. The number of thiazole rings is 1. The first-order valence-electron chi connectivity index (χ1n) is 11.2. The number of hydrogen-bond donors (Lipinski definition) is 0. The third-order valence-corrected chi connectivity index (χ3v) is 9.33. The molecule has 3 aromatic rings. The zero-order valence-corrected chi connectivity index (χ0v) is 20.8. The number of nitrogens with zero attached hydrogens (tertiary/aromatic N) is 3. The van der Waals surface area contributed by atoms with Gasteiger partial charge in [-0.1, -0.05) is 54.0 Å². The van der Waals surface area contributed by atoms with E-state index >= 15 is 0 Å². The van der Waals surface area contributed by atoms with E-state index in [9.17, 15) is 13.2 Å². The highest BCUT2D eigenvalue weighted by Gasteiger charge is 2.45. The molecule has 2 heterocycles. The van der Waals surface area contributed by atoms with Crippen molar-refractivity contribution >= 4 is 54.0 Å². The Labute approximate surface area is 203 Å². The van der Waals surface area contributed by atoms with Gasteiger partial charge in [0, 0.05) is 37.5 Å². The summed E-state index contributed by atoms with van der Waals surface area (Å²) in [5.74, 6) is 0.214. The third-order valence-electron chi connectivity index (χ3n) is 6.87. The van der Waals surface area contributed by atoms with Gasteiger partial charge in [0.25, 0.3) is 0 Å². The predicted molar refractivity (Wildman–Crippen MR) is 133 cm³/mol. The second kappa shape index (κ2) is 8.56. The van der Waals surface area contributed by atoms with Crippen molar-refractivity contribution in [2.75, 3.05) is 37.3 Å². The average Bonchev–Trinajstić information content (AvgIpc) is 3.46. The van der Waals surface area contributed by atoms with Gasteiger partial charge in [-0.25, -0.2) is 13.4 Å². The van der Waals surface area contributed by atoms with Crippen molar-refractivity contribution in [2.24, 2.45) is 0 Å². The van der Waals surface area contributed by atoms with Crippen LogP contribution >= 0.6 is 22.9 Å². The number of piperazine rings is 1. The molecule has 33 heavy (non-hydrogen) atoms. The number of anilines is 1. The fourth-order valence-electron chi connectivity index (χ4n) is 5.12. The number of carbonyl (C=O) groups is 1. The lowest BCUT2D eigenvalue weighted by Crippen LogP contribution is -2.54. The molecule has 1 saturated carbocycles. The van der Waals surface area contributed by atoms with Gasteiger partial charge in [0.05, 0.1) is 15.0 Å². The van der Waals surface area contributed by atoms with E-state index in [1.165, 1.54) is 17.6 Å². The number of fused-ring (bicyclic) bond motifs is 1. The lowest BCUT2D eigenvalue weighted by molar-refractivity contribution is -0.137. The molecule has 5 rings (SSSR count). The number of benzene rings is 2. The van der Waals surface area contributed by atoms with E-state index in [-0.39, 0.29) is 10.8 Å². The molecular formula is C24H26ClN3O3S2. The Bertz CT molecular complexity index is 1290. The molecule has 1 aliphatic carbocycles. The Balaban J connectivity index is 1.35. The summed E-state index contributed by atoms with van der Waals surface area (Å²) in [5, 5.41) is 1.49. The topological polar surface area (TPSA) is 70.6 Å². The summed E-state index contributed by atoms with van der Waals surface area (Å²) >= 11 is 7.59. The van der Waals surface area contributed by atoms with Crippen molar-refractivity contribution < 1.29 is 13.2 Å². The average molecular weight is 504 g/mol. The molecule has 0 spiro atoms. The second-order valence-corrected chi connectivity index (χ2v) is 12.4. The smallest absolute Gasteiger partial charge is 0.233 e. The molecule has 0 atom stereocenters. The Morgan fingerprint density at radius 3 is 2.33 bits per heavy atom. The SMILES string of the molecule is CS(=O)(=O)c1cccc2sc(N3CCN(C(=O)C4(c5ccc(Cl)cc5)CCCC4)CC3)nc12. The Morgan fingerprint density at radius 2 is 1.70 bits per heavy atom. The van der Waals surface area contributed by atoms with Crippen molar-refractivity contribution in [1.29, 1.82) is 0 Å². The second-order valence-electron chi connectivity index (χ2n) is 8.95. The van der Waals surface area contributed by atoms with Gasteiger partial charge in [0.15, 0.2) is 15.0 Å². The molecule has 0 bridgehead atoms. The maximum atomic E-state index is 13.7. The number of amides is 1. The molecule has 1 aliphatic heterocycles. The highest BCUT2D eigenvalue weighted by Crippen LogP contribution is 2.43. The first kappa shape index (κ1) is 22.6. The summed E-state index contributed by atoms with van der Waals surface area (Å²) in [7, 11) is -3.35. The first-order chi connectivity index (χ1) is 15.8. The first-order valence-corrected chi connectivity index (χ1v) is 14.3. The largest absolute Gasteiger partial charge is 0.345 e. The van der Waals surface area contributed by atoms with Crippen LogP contribution in [0.5, 0.6) is 0 Å². The van der Waals surface area contributed by atoms with Crippen molar-refractivity contribution in [3.63, 3.8) is 0 Å². The fraction of sp³-hybridized carbons (Fsp3) is 0.417. The van der Waals surface area contributed by atoms with Gasteiger partial charge in [0.1, 0.15) is 5.52 Å². The van der Waals surface area contributed by atoms with Crippen LogP contribution in [0.1, 0.15) is 31.2 Å². The molecule has 174 valence electrons. The number of halogens is 1. The van der Waals surface area contributed by atoms with E-state index in [2.05, 4.69) is 9.88 Å². The van der Waals surface area contributed by atoms with Crippen LogP contribution in [0, 0.1) is 0 Å². The minimum absolute atomic E-state index is 0.214. The van der Waals surface area contributed by atoms with Gasteiger partial charge in [-0.2, -0.15) is 0 Å². The molecule has 9 heteroatoms. The van der Waals surface area contributed by atoms with Crippen LogP contribution in [-0.2, 0) is 20.0 Å². The van der Waals surface area contributed by atoms with Gasteiger partial charge >= 0.3 is 0 Å². The normalized spacial score (nSPS) is 18.7. The lowest BCUT2D eigenvalue weighted by Gasteiger charge is -2.40. The minimum Gasteiger partial charge on any atom is -0.345 e. The number of sulfone groups is 1. The number of rotatable bonds is 4. The van der Waals surface area contributed by atoms with Crippen LogP contribution in [0.4, 0.5) is 5.13 Å². The summed E-state index contributed by atoms with van der Waals surface area (Å²) in [5.41, 5.74) is 1.15. The van der Waals surface area contributed by atoms with E-state index in [1.54, 1.807) is 12.1 Å². The van der Waals surface area contributed by atoms with Crippen LogP contribution in [0.2, 0.25) is 5.02 Å². The molecule has 2 aromatic carbocycles. The molecule has 1 saturated heterocycles. The molecule has 0 unspecified atom stereocenters. The summed E-state index contributed by atoms with van der Waals surface area (Å²) in [6.07, 6.45) is 5.08. The minimum atomic E-state index is -3.35. The maximum absolute atomic E-state index is 13.7. The summed E-state index contributed by atoms with van der Waals surface area (Å²) < 4.78 is 25.1. The van der Waals surface area contributed by atoms with E-state index in [1.807, 2.05) is 35.2 Å². The fourth-order valence-corrected chi connectivity index (χ4v) is 7.19. The molecule has 2 aliphatic rings. The van der Waals surface area contributed by atoms with Crippen molar-refractivity contribution in [3.05, 3.63) is 53.1 Å². The van der Waals surface area contributed by atoms with E-state index < -0.39 is 15.3 Å². The van der Waals surface area contributed by atoms with Gasteiger partial charge in [-0.3, -0.25) is 4.79 Å². The van der Waals surface area contributed by atoms with E-state index in [4.69, 9.17) is 11.6 Å². The van der Waals surface area contributed by atoms with Crippen molar-refractivity contribution in [3.8, 4) is 0 Å².